The maximum Gasteiger partial charge on any atom is 0.253 e. The molecule has 17 heavy (non-hydrogen) atoms. The summed E-state index contributed by atoms with van der Waals surface area (Å²) in [5.41, 5.74) is 6.91. The fourth-order valence-electron chi connectivity index (χ4n) is 1.68. The molecule has 3 nitrogen and oxygen atoms in total. The summed E-state index contributed by atoms with van der Waals surface area (Å²) in [4.78, 5) is 13.8. The normalized spacial score (nSPS) is 13.8. The number of nitrogens with two attached hydrogens (primary N) is 1. The molecule has 2 rings (SSSR count). The van der Waals surface area contributed by atoms with Crippen LogP contribution in [-0.2, 0) is 0 Å². The molecule has 0 radical (unpaired) electrons. The minimum absolute atomic E-state index is 0.0887. The van der Waals surface area contributed by atoms with Gasteiger partial charge in [-0.2, -0.15) is 0 Å². The Kier molecular flexibility index (Phi) is 3.46. The van der Waals surface area contributed by atoms with Crippen molar-refractivity contribution in [3.8, 4) is 11.8 Å². The zero-order valence-electron chi connectivity index (χ0n) is 9.94. The first kappa shape index (κ1) is 11.7. The zero-order chi connectivity index (χ0) is 12.3. The molecule has 1 aliphatic rings. The summed E-state index contributed by atoms with van der Waals surface area (Å²) in [6.45, 7) is 0.352. The standard InChI is InChI=1S/C14H16N2O/c1-16(13-8-9-13)14(17)12-6-4-11(5-7-12)3-2-10-15/h4-7,13H,8-10,15H2,1H3. The summed E-state index contributed by atoms with van der Waals surface area (Å²) >= 11 is 0. The van der Waals surface area contributed by atoms with Crippen molar-refractivity contribution in [3.05, 3.63) is 35.4 Å². The first-order valence-corrected chi connectivity index (χ1v) is 5.78. The lowest BCUT2D eigenvalue weighted by atomic mass is 10.1. The minimum Gasteiger partial charge on any atom is -0.339 e. The van der Waals surface area contributed by atoms with Gasteiger partial charge in [0, 0.05) is 24.2 Å². The number of rotatable bonds is 2. The average Bonchev–Trinajstić information content (AvgIpc) is 3.19. The molecule has 1 saturated carbocycles. The van der Waals surface area contributed by atoms with Crippen molar-refractivity contribution in [3.63, 3.8) is 0 Å². The molecule has 2 N–H and O–H groups in total. The molecule has 0 saturated heterocycles. The molecule has 0 bridgehead atoms. The number of hydrogen-bond donors (Lipinski definition) is 1. The molecule has 0 unspecified atom stereocenters. The van der Waals surface area contributed by atoms with Crippen molar-refractivity contribution in [1.29, 1.82) is 0 Å². The van der Waals surface area contributed by atoms with Crippen LogP contribution in [0.25, 0.3) is 0 Å². The van der Waals surface area contributed by atoms with Crippen molar-refractivity contribution in [2.75, 3.05) is 13.6 Å². The molecule has 0 spiro atoms. The number of nitrogens with zero attached hydrogens (tertiary/aromatic N) is 1. The topological polar surface area (TPSA) is 46.3 Å². The Bertz CT molecular complexity index is 463. The van der Waals surface area contributed by atoms with Crippen LogP contribution in [0.4, 0.5) is 0 Å². The molecule has 1 aromatic carbocycles. The van der Waals surface area contributed by atoms with E-state index in [4.69, 9.17) is 5.73 Å². The lowest BCUT2D eigenvalue weighted by Gasteiger charge is -2.15. The third-order valence-electron chi connectivity index (χ3n) is 2.88. The number of amides is 1. The first-order valence-electron chi connectivity index (χ1n) is 5.78. The molecule has 1 fully saturated rings. The van der Waals surface area contributed by atoms with Gasteiger partial charge in [-0.1, -0.05) is 11.8 Å². The fourth-order valence-corrected chi connectivity index (χ4v) is 1.68. The van der Waals surface area contributed by atoms with E-state index in [1.54, 1.807) is 0 Å². The van der Waals surface area contributed by atoms with E-state index in [2.05, 4.69) is 11.8 Å². The lowest BCUT2D eigenvalue weighted by molar-refractivity contribution is 0.0785. The third kappa shape index (κ3) is 2.86. The van der Waals surface area contributed by atoms with E-state index in [0.29, 0.717) is 12.6 Å². The number of hydrogen-bond acceptors (Lipinski definition) is 2. The van der Waals surface area contributed by atoms with E-state index in [0.717, 1.165) is 24.0 Å². The van der Waals surface area contributed by atoms with Crippen LogP contribution in [0.15, 0.2) is 24.3 Å². The van der Waals surface area contributed by atoms with Gasteiger partial charge in [-0.05, 0) is 37.1 Å². The molecular weight excluding hydrogens is 212 g/mol. The van der Waals surface area contributed by atoms with Gasteiger partial charge in [-0.25, -0.2) is 0 Å². The Morgan fingerprint density at radius 3 is 2.59 bits per heavy atom. The van der Waals surface area contributed by atoms with Crippen LogP contribution in [0, 0.1) is 11.8 Å². The van der Waals surface area contributed by atoms with Gasteiger partial charge in [-0.3, -0.25) is 4.79 Å². The summed E-state index contributed by atoms with van der Waals surface area (Å²) in [7, 11) is 1.86. The van der Waals surface area contributed by atoms with Gasteiger partial charge < -0.3 is 10.6 Å². The second-order valence-corrected chi connectivity index (χ2v) is 4.23. The van der Waals surface area contributed by atoms with Gasteiger partial charge in [0.05, 0.1) is 6.54 Å². The summed E-state index contributed by atoms with van der Waals surface area (Å²) in [6, 6.07) is 7.80. The Morgan fingerprint density at radius 1 is 1.41 bits per heavy atom. The van der Waals surface area contributed by atoms with Crippen LogP contribution in [-0.4, -0.2) is 30.4 Å². The monoisotopic (exact) mass is 228 g/mol. The molecule has 0 aliphatic heterocycles. The Morgan fingerprint density at radius 2 is 2.06 bits per heavy atom. The van der Waals surface area contributed by atoms with Gasteiger partial charge >= 0.3 is 0 Å². The van der Waals surface area contributed by atoms with E-state index in [9.17, 15) is 4.79 Å². The van der Waals surface area contributed by atoms with Crippen molar-refractivity contribution >= 4 is 5.91 Å². The highest BCUT2D eigenvalue weighted by Crippen LogP contribution is 2.26. The highest BCUT2D eigenvalue weighted by Gasteiger charge is 2.29. The summed E-state index contributed by atoms with van der Waals surface area (Å²) in [5.74, 6) is 5.81. The Balaban J connectivity index is 2.09. The Hall–Kier alpha value is -1.79. The maximum absolute atomic E-state index is 12.0. The van der Waals surface area contributed by atoms with Crippen molar-refractivity contribution in [2.45, 2.75) is 18.9 Å². The van der Waals surface area contributed by atoms with Crippen LogP contribution in [0.5, 0.6) is 0 Å². The van der Waals surface area contributed by atoms with Crippen LogP contribution >= 0.6 is 0 Å². The molecule has 88 valence electrons. The van der Waals surface area contributed by atoms with E-state index < -0.39 is 0 Å². The molecule has 1 amide bonds. The molecule has 3 heteroatoms. The maximum atomic E-state index is 12.0. The molecule has 1 aromatic rings. The minimum atomic E-state index is 0.0887. The molecular formula is C14H16N2O. The zero-order valence-corrected chi connectivity index (χ0v) is 9.94. The fraction of sp³-hybridized carbons (Fsp3) is 0.357. The molecule has 0 heterocycles. The SMILES string of the molecule is CN(C(=O)c1ccc(C#CCN)cc1)C1CC1. The smallest absolute Gasteiger partial charge is 0.253 e. The van der Waals surface area contributed by atoms with Crippen LogP contribution in [0.1, 0.15) is 28.8 Å². The largest absolute Gasteiger partial charge is 0.339 e. The van der Waals surface area contributed by atoms with E-state index in [-0.39, 0.29) is 5.91 Å². The second-order valence-electron chi connectivity index (χ2n) is 4.23. The number of carbonyl (C=O) groups is 1. The van der Waals surface area contributed by atoms with Gasteiger partial charge in [0.15, 0.2) is 0 Å². The predicted octanol–water partition coefficient (Wildman–Crippen LogP) is 1.23. The van der Waals surface area contributed by atoms with E-state index >= 15 is 0 Å². The first-order chi connectivity index (χ1) is 8.22. The highest BCUT2D eigenvalue weighted by molar-refractivity contribution is 5.94. The van der Waals surface area contributed by atoms with E-state index in [1.807, 2.05) is 36.2 Å². The predicted molar refractivity (Wildman–Crippen MR) is 67.5 cm³/mol. The second kappa shape index (κ2) is 5.03. The Labute approximate surface area is 102 Å². The average molecular weight is 228 g/mol. The van der Waals surface area contributed by atoms with Crippen LogP contribution in [0.2, 0.25) is 0 Å². The van der Waals surface area contributed by atoms with Gasteiger partial charge in [0.1, 0.15) is 0 Å². The van der Waals surface area contributed by atoms with Crippen molar-refractivity contribution in [2.24, 2.45) is 5.73 Å². The van der Waals surface area contributed by atoms with Gasteiger partial charge in [0.2, 0.25) is 0 Å². The highest BCUT2D eigenvalue weighted by atomic mass is 16.2. The summed E-state index contributed by atoms with van der Waals surface area (Å²) in [6.07, 6.45) is 2.25. The summed E-state index contributed by atoms with van der Waals surface area (Å²) in [5, 5.41) is 0. The van der Waals surface area contributed by atoms with Crippen LogP contribution in [0.3, 0.4) is 0 Å². The molecule has 0 aromatic heterocycles. The lowest BCUT2D eigenvalue weighted by Crippen LogP contribution is -2.28. The third-order valence-corrected chi connectivity index (χ3v) is 2.88. The summed E-state index contributed by atoms with van der Waals surface area (Å²) < 4.78 is 0. The number of carbonyl (C=O) groups excluding carboxylic acids is 1. The van der Waals surface area contributed by atoms with Crippen molar-refractivity contribution in [1.82, 2.24) is 4.90 Å². The van der Waals surface area contributed by atoms with Gasteiger partial charge in [-0.15, -0.1) is 0 Å². The quantitative estimate of drug-likeness (QED) is 0.774. The molecule has 1 aliphatic carbocycles. The van der Waals surface area contributed by atoms with Gasteiger partial charge in [0.25, 0.3) is 5.91 Å². The number of benzene rings is 1. The van der Waals surface area contributed by atoms with E-state index in [1.165, 1.54) is 0 Å². The molecule has 0 atom stereocenters. The van der Waals surface area contributed by atoms with Crippen LogP contribution < -0.4 is 5.73 Å². The van der Waals surface area contributed by atoms with Crippen molar-refractivity contribution < 1.29 is 4.79 Å².